The van der Waals surface area contributed by atoms with Crippen molar-refractivity contribution in [2.24, 2.45) is 15.5 Å². The third-order valence-electron chi connectivity index (χ3n) is 6.06. The maximum Gasteiger partial charge on any atom is 0.405 e. The van der Waals surface area contributed by atoms with E-state index in [1.807, 2.05) is 0 Å². The summed E-state index contributed by atoms with van der Waals surface area (Å²) in [5.74, 6) is 4.23. The highest BCUT2D eigenvalue weighted by Crippen LogP contribution is 2.57. The Bertz CT molecular complexity index is 1280. The monoisotopic (exact) mass is 473 g/mol. The molecule has 34 heavy (non-hydrogen) atoms. The smallest absolute Gasteiger partial charge is 0.326 e. The van der Waals surface area contributed by atoms with Crippen molar-refractivity contribution in [1.82, 2.24) is 5.01 Å². The predicted octanol–water partition coefficient (Wildman–Crippen LogP) is 4.93. The lowest BCUT2D eigenvalue weighted by molar-refractivity contribution is -0.168. The molecule has 176 valence electrons. The second-order valence-corrected chi connectivity index (χ2v) is 8.47. The van der Waals surface area contributed by atoms with Gasteiger partial charge in [-0.15, -0.1) is 5.10 Å². The Balaban J connectivity index is 1.58. The summed E-state index contributed by atoms with van der Waals surface area (Å²) in [5.41, 5.74) is -0.797. The molecule has 0 atom stereocenters. The molecular weight excluding hydrogens is 453 g/mol. The second kappa shape index (κ2) is 7.72. The van der Waals surface area contributed by atoms with Gasteiger partial charge in [0.05, 0.1) is 11.3 Å². The normalized spacial score (nSPS) is 17.9. The van der Waals surface area contributed by atoms with Crippen LogP contribution in [0.2, 0.25) is 0 Å². The molecule has 0 amide bonds. The molecule has 2 heterocycles. The van der Waals surface area contributed by atoms with Gasteiger partial charge in [-0.25, -0.2) is 8.78 Å². The van der Waals surface area contributed by atoms with Crippen molar-refractivity contribution in [1.29, 1.82) is 0 Å². The lowest BCUT2D eigenvalue weighted by atomic mass is 10.1. The van der Waals surface area contributed by atoms with Crippen molar-refractivity contribution in [2.45, 2.75) is 25.9 Å². The van der Waals surface area contributed by atoms with Crippen LogP contribution in [0.5, 0.6) is 0 Å². The van der Waals surface area contributed by atoms with E-state index in [9.17, 15) is 17.6 Å². The lowest BCUT2D eigenvalue weighted by Crippen LogP contribution is -2.41. The number of anilines is 2. The molecule has 5 nitrogen and oxygen atoms in total. The number of aliphatic imine (C=N–C) groups is 1. The highest BCUT2D eigenvalue weighted by molar-refractivity contribution is 6.23. The first-order valence-corrected chi connectivity index (χ1v) is 10.7. The molecule has 3 aliphatic rings. The molecule has 0 N–H and O–H groups in total. The minimum atomic E-state index is -4.43. The zero-order valence-corrected chi connectivity index (χ0v) is 18.4. The lowest BCUT2D eigenvalue weighted by Gasteiger charge is -2.32. The summed E-state index contributed by atoms with van der Waals surface area (Å²) >= 11 is 0. The first kappa shape index (κ1) is 22.2. The molecule has 2 aliphatic heterocycles. The van der Waals surface area contributed by atoms with Gasteiger partial charge in [0.25, 0.3) is 5.96 Å². The van der Waals surface area contributed by atoms with Gasteiger partial charge in [-0.2, -0.15) is 18.2 Å². The number of alkyl halides is 3. The molecule has 2 aromatic rings. The fourth-order valence-electron chi connectivity index (χ4n) is 4.13. The van der Waals surface area contributed by atoms with Crippen LogP contribution in [0.3, 0.4) is 0 Å². The van der Waals surface area contributed by atoms with Crippen molar-refractivity contribution < 1.29 is 22.0 Å². The van der Waals surface area contributed by atoms with Gasteiger partial charge >= 0.3 is 6.18 Å². The van der Waals surface area contributed by atoms with Gasteiger partial charge in [0, 0.05) is 24.8 Å². The first-order chi connectivity index (χ1) is 16.1. The second-order valence-electron chi connectivity index (χ2n) is 8.47. The van der Waals surface area contributed by atoms with Crippen LogP contribution in [-0.4, -0.2) is 43.2 Å². The minimum absolute atomic E-state index is 0.0628. The summed E-state index contributed by atoms with van der Waals surface area (Å²) in [6.45, 7) is 2.48. The van der Waals surface area contributed by atoms with Crippen molar-refractivity contribution in [2.75, 3.05) is 30.1 Å². The van der Waals surface area contributed by atoms with Crippen molar-refractivity contribution in [3.8, 4) is 11.8 Å². The van der Waals surface area contributed by atoms with E-state index < -0.39 is 23.2 Å². The van der Waals surface area contributed by atoms with Crippen LogP contribution in [0.1, 0.15) is 30.9 Å². The number of hydrogen-bond donors (Lipinski definition) is 0. The molecule has 1 aliphatic carbocycles. The maximum atomic E-state index is 15.0. The number of nitrogens with zero attached hydrogens (tertiary/aromatic N) is 5. The van der Waals surface area contributed by atoms with E-state index in [0.717, 1.165) is 6.07 Å². The summed E-state index contributed by atoms with van der Waals surface area (Å²) in [5, 5.41) is 6.02. The van der Waals surface area contributed by atoms with Crippen LogP contribution < -0.4 is 9.80 Å². The Kier molecular flexibility index (Phi) is 5.04. The molecule has 1 saturated carbocycles. The molecular formula is C24H20F5N5. The average molecular weight is 473 g/mol. The summed E-state index contributed by atoms with van der Waals surface area (Å²) < 4.78 is 69.3. The molecule has 5 rings (SSSR count). The Morgan fingerprint density at radius 2 is 1.91 bits per heavy atom. The van der Waals surface area contributed by atoms with Crippen molar-refractivity contribution >= 4 is 23.2 Å². The number of halogens is 5. The summed E-state index contributed by atoms with van der Waals surface area (Å²) in [6.07, 6.45) is -4.55. The number of rotatable bonds is 2. The molecule has 1 fully saturated rings. The molecule has 0 saturated heterocycles. The number of hydrogen-bond acceptors (Lipinski definition) is 5. The average Bonchev–Trinajstić information content (AvgIpc) is 3.48. The molecule has 2 aromatic carbocycles. The number of hydrazone groups is 1. The third-order valence-corrected chi connectivity index (χ3v) is 6.06. The van der Waals surface area contributed by atoms with Gasteiger partial charge in [0.15, 0.2) is 0 Å². The summed E-state index contributed by atoms with van der Waals surface area (Å²) in [7, 11) is 1.77. The Labute approximate surface area is 193 Å². The van der Waals surface area contributed by atoms with Gasteiger partial charge in [0.2, 0.25) is 0 Å². The van der Waals surface area contributed by atoms with E-state index in [1.165, 1.54) is 18.2 Å². The number of amidine groups is 1. The van der Waals surface area contributed by atoms with E-state index in [4.69, 9.17) is 0 Å². The number of guanidine groups is 1. The zero-order chi connectivity index (χ0) is 24.3. The summed E-state index contributed by atoms with van der Waals surface area (Å²) in [6, 6.07) is 8.47. The largest absolute Gasteiger partial charge is 0.405 e. The molecule has 0 radical (unpaired) electrons. The van der Waals surface area contributed by atoms with Gasteiger partial charge in [-0.1, -0.05) is 17.9 Å². The van der Waals surface area contributed by atoms with Gasteiger partial charge < -0.3 is 4.90 Å². The van der Waals surface area contributed by atoms with Crippen LogP contribution in [0.4, 0.5) is 33.3 Å². The molecule has 0 bridgehead atoms. The fraction of sp³-hybridized carbons (Fsp3) is 0.333. The molecule has 10 heteroatoms. The Morgan fingerprint density at radius 3 is 2.59 bits per heavy atom. The van der Waals surface area contributed by atoms with Crippen LogP contribution in [-0.2, 0) is 0 Å². The van der Waals surface area contributed by atoms with Crippen LogP contribution in [0, 0.1) is 28.9 Å². The SMILES string of the molecule is CCN(C1=NC2=NN(C)CN2c2cccc(F)c21)c1cc(F)cc(C#CC2(C(F)(F)F)CC2)c1. The number of fused-ring (bicyclic) bond motifs is 3. The number of benzene rings is 2. The fourth-order valence-corrected chi connectivity index (χ4v) is 4.13. The van der Waals surface area contributed by atoms with E-state index in [2.05, 4.69) is 21.9 Å². The highest BCUT2D eigenvalue weighted by Gasteiger charge is 2.62. The predicted molar refractivity (Wildman–Crippen MR) is 120 cm³/mol. The van der Waals surface area contributed by atoms with Crippen molar-refractivity contribution in [3.05, 3.63) is 59.2 Å². The van der Waals surface area contributed by atoms with E-state index in [1.54, 1.807) is 40.9 Å². The third kappa shape index (κ3) is 3.65. The first-order valence-electron chi connectivity index (χ1n) is 10.7. The van der Waals surface area contributed by atoms with Crippen LogP contribution >= 0.6 is 0 Å². The molecule has 0 spiro atoms. The quantitative estimate of drug-likeness (QED) is 0.459. The van der Waals surface area contributed by atoms with Crippen molar-refractivity contribution in [3.63, 3.8) is 0 Å². The van der Waals surface area contributed by atoms with E-state index in [-0.39, 0.29) is 29.8 Å². The Morgan fingerprint density at radius 1 is 1.15 bits per heavy atom. The van der Waals surface area contributed by atoms with Crippen LogP contribution in [0.25, 0.3) is 0 Å². The zero-order valence-electron chi connectivity index (χ0n) is 18.4. The van der Waals surface area contributed by atoms with Gasteiger partial charge in [-0.3, -0.25) is 9.91 Å². The topological polar surface area (TPSA) is 34.4 Å². The standard InChI is InChI=1S/C24H20F5N5/c1-3-33(17-12-15(11-16(25)13-17)7-8-23(9-10-23)24(27,28)29)21-20-18(26)5-4-6-19(20)34-14-32(2)31-22(34)30-21/h4-6,11-13H,3,9-10,14H2,1-2H3. The highest BCUT2D eigenvalue weighted by atomic mass is 19.4. The van der Waals surface area contributed by atoms with E-state index >= 15 is 4.39 Å². The molecule has 0 aromatic heterocycles. The van der Waals surface area contributed by atoms with Crippen LogP contribution in [0.15, 0.2) is 46.5 Å². The Hall–Kier alpha value is -3.61. The molecule has 0 unspecified atom stereocenters. The van der Waals surface area contributed by atoms with E-state index in [0.29, 0.717) is 30.5 Å². The van der Waals surface area contributed by atoms with Gasteiger partial charge in [-0.05, 0) is 50.1 Å². The minimum Gasteiger partial charge on any atom is -0.326 e. The summed E-state index contributed by atoms with van der Waals surface area (Å²) in [4.78, 5) is 7.93. The maximum absolute atomic E-state index is 15.0. The van der Waals surface area contributed by atoms with Gasteiger partial charge in [0.1, 0.15) is 29.6 Å².